The van der Waals surface area contributed by atoms with E-state index >= 15 is 0 Å². The van der Waals surface area contributed by atoms with Crippen molar-refractivity contribution in [1.29, 1.82) is 0 Å². The van der Waals surface area contributed by atoms with Crippen molar-refractivity contribution < 1.29 is 33.8 Å². The van der Waals surface area contributed by atoms with E-state index < -0.39 is 23.8 Å². The van der Waals surface area contributed by atoms with Crippen LogP contribution >= 0.6 is 0 Å². The summed E-state index contributed by atoms with van der Waals surface area (Å²) in [5, 5.41) is 11.5. The van der Waals surface area contributed by atoms with Gasteiger partial charge in [0.25, 0.3) is 11.8 Å². The number of anilines is 1. The molecule has 4 amide bonds. The molecule has 3 aromatic rings. The highest BCUT2D eigenvalue weighted by Crippen LogP contribution is 2.36. The highest BCUT2D eigenvalue weighted by atomic mass is 16.7. The number of amides is 4. The number of carbonyl (C=O) groups is 4. The number of carboxylic acid groups (broad SMARTS) is 1. The standard InChI is InChI=1S/C26H21N3O7/c1-13-8-16(25(32)33)4-6-20(13)28-14(2)9-17(15(28)3)10-19-23(30)27-26(34)29(24(19)31)18-5-7-21-22(11-18)36-12-35-21/h4-11H,12H2,1-3H3,(H,32,33)(H,27,30,34)/b19-10+. The predicted octanol–water partition coefficient (Wildman–Crippen LogP) is 3.50. The molecule has 10 nitrogen and oxygen atoms in total. The minimum absolute atomic E-state index is 0.0384. The Morgan fingerprint density at radius 2 is 1.75 bits per heavy atom. The molecule has 2 aromatic carbocycles. The zero-order chi connectivity index (χ0) is 25.7. The Labute approximate surface area is 205 Å². The highest BCUT2D eigenvalue weighted by molar-refractivity contribution is 6.39. The second-order valence-electron chi connectivity index (χ2n) is 8.46. The second kappa shape index (κ2) is 8.42. The van der Waals surface area contributed by atoms with Crippen LogP contribution in [-0.2, 0) is 9.59 Å². The van der Waals surface area contributed by atoms with Crippen molar-refractivity contribution in [3.8, 4) is 17.2 Å². The number of carbonyl (C=O) groups excluding carboxylic acids is 3. The van der Waals surface area contributed by atoms with Gasteiger partial charge in [-0.25, -0.2) is 14.5 Å². The number of nitrogens with zero attached hydrogens (tertiary/aromatic N) is 2. The Kier molecular flexibility index (Phi) is 5.36. The number of fused-ring (bicyclic) bond motifs is 1. The van der Waals surface area contributed by atoms with Crippen LogP contribution in [-0.4, -0.2) is 40.3 Å². The number of aryl methyl sites for hydroxylation is 2. The molecule has 182 valence electrons. The van der Waals surface area contributed by atoms with Crippen LogP contribution < -0.4 is 19.7 Å². The number of aromatic carboxylic acids is 1. The number of barbiturate groups is 1. The van der Waals surface area contributed by atoms with Crippen molar-refractivity contribution in [1.82, 2.24) is 9.88 Å². The summed E-state index contributed by atoms with van der Waals surface area (Å²) in [6.45, 7) is 5.54. The maximum Gasteiger partial charge on any atom is 0.335 e. The number of ether oxygens (including phenoxy) is 2. The Balaban J connectivity index is 1.54. The van der Waals surface area contributed by atoms with Crippen molar-refractivity contribution >= 4 is 35.6 Å². The lowest BCUT2D eigenvalue weighted by molar-refractivity contribution is -0.122. The fraction of sp³-hybridized carbons (Fsp3) is 0.154. The number of urea groups is 1. The van der Waals surface area contributed by atoms with Crippen LogP contribution in [0.4, 0.5) is 10.5 Å². The molecule has 1 saturated heterocycles. The molecule has 0 aliphatic carbocycles. The molecule has 2 N–H and O–H groups in total. The van der Waals surface area contributed by atoms with Crippen molar-refractivity contribution in [3.63, 3.8) is 0 Å². The number of hydrogen-bond donors (Lipinski definition) is 2. The van der Waals surface area contributed by atoms with Crippen LogP contribution in [0.15, 0.2) is 48.0 Å². The van der Waals surface area contributed by atoms with Gasteiger partial charge < -0.3 is 19.1 Å². The van der Waals surface area contributed by atoms with Gasteiger partial charge in [0.2, 0.25) is 6.79 Å². The van der Waals surface area contributed by atoms with E-state index in [1.807, 2.05) is 31.4 Å². The normalized spacial score (nSPS) is 16.0. The molecule has 1 aromatic heterocycles. The molecule has 0 atom stereocenters. The molecule has 5 rings (SSSR count). The van der Waals surface area contributed by atoms with Crippen LogP contribution in [0.25, 0.3) is 11.8 Å². The van der Waals surface area contributed by atoms with Crippen molar-refractivity contribution in [3.05, 3.63) is 76.1 Å². The number of hydrogen-bond acceptors (Lipinski definition) is 6. The molecule has 2 aliphatic heterocycles. The van der Waals surface area contributed by atoms with E-state index in [0.717, 1.165) is 27.5 Å². The predicted molar refractivity (Wildman–Crippen MR) is 129 cm³/mol. The topological polar surface area (TPSA) is 127 Å². The minimum Gasteiger partial charge on any atom is -0.478 e. The molecular formula is C26H21N3O7. The second-order valence-corrected chi connectivity index (χ2v) is 8.46. The lowest BCUT2D eigenvalue weighted by atomic mass is 10.1. The lowest BCUT2D eigenvalue weighted by Gasteiger charge is -2.26. The molecule has 2 aliphatic rings. The molecule has 0 radical (unpaired) electrons. The summed E-state index contributed by atoms with van der Waals surface area (Å²) in [5.41, 5.74) is 3.89. The zero-order valence-corrected chi connectivity index (χ0v) is 19.6. The monoisotopic (exact) mass is 487 g/mol. The Morgan fingerprint density at radius 1 is 1.00 bits per heavy atom. The third kappa shape index (κ3) is 3.68. The van der Waals surface area contributed by atoms with Crippen LogP contribution in [0.5, 0.6) is 11.5 Å². The van der Waals surface area contributed by atoms with Gasteiger partial charge in [-0.2, -0.15) is 0 Å². The molecule has 0 bridgehead atoms. The van der Waals surface area contributed by atoms with E-state index in [-0.39, 0.29) is 23.6 Å². The van der Waals surface area contributed by atoms with E-state index in [1.54, 1.807) is 18.2 Å². The van der Waals surface area contributed by atoms with Gasteiger partial charge in [0.05, 0.1) is 11.3 Å². The van der Waals surface area contributed by atoms with Gasteiger partial charge in [-0.15, -0.1) is 0 Å². The third-order valence-electron chi connectivity index (χ3n) is 6.17. The molecule has 36 heavy (non-hydrogen) atoms. The summed E-state index contributed by atoms with van der Waals surface area (Å²) in [6, 6.07) is 10.4. The van der Waals surface area contributed by atoms with Crippen molar-refractivity contribution in [2.45, 2.75) is 20.8 Å². The molecule has 3 heterocycles. The highest BCUT2D eigenvalue weighted by Gasteiger charge is 2.37. The first-order chi connectivity index (χ1) is 17.2. The van der Waals surface area contributed by atoms with Gasteiger partial charge >= 0.3 is 12.0 Å². The number of imide groups is 2. The van der Waals surface area contributed by atoms with Gasteiger partial charge in [0.1, 0.15) is 5.57 Å². The smallest absolute Gasteiger partial charge is 0.335 e. The van der Waals surface area contributed by atoms with E-state index in [2.05, 4.69) is 5.32 Å². The quantitative estimate of drug-likeness (QED) is 0.426. The average molecular weight is 487 g/mol. The summed E-state index contributed by atoms with van der Waals surface area (Å²) in [6.07, 6.45) is 1.45. The summed E-state index contributed by atoms with van der Waals surface area (Å²) in [5.74, 6) is -1.69. The SMILES string of the molecule is Cc1cc(C(=O)O)ccc1-n1c(C)cc(/C=C2\C(=O)NC(=O)N(c3ccc4c(c3)OCO4)C2=O)c1C. The summed E-state index contributed by atoms with van der Waals surface area (Å²) in [7, 11) is 0. The summed E-state index contributed by atoms with van der Waals surface area (Å²) >= 11 is 0. The number of aromatic nitrogens is 1. The van der Waals surface area contributed by atoms with Gasteiger partial charge in [0.15, 0.2) is 11.5 Å². The summed E-state index contributed by atoms with van der Waals surface area (Å²) in [4.78, 5) is 50.7. The number of rotatable bonds is 4. The van der Waals surface area contributed by atoms with Gasteiger partial charge in [0, 0.05) is 23.1 Å². The molecule has 0 unspecified atom stereocenters. The average Bonchev–Trinajstić information content (AvgIpc) is 3.40. The van der Waals surface area contributed by atoms with Crippen LogP contribution in [0.1, 0.15) is 32.9 Å². The van der Waals surface area contributed by atoms with Crippen LogP contribution in [0.3, 0.4) is 0 Å². The van der Waals surface area contributed by atoms with E-state index in [4.69, 9.17) is 9.47 Å². The molecule has 1 fully saturated rings. The third-order valence-corrected chi connectivity index (χ3v) is 6.17. The number of carboxylic acids is 1. The van der Waals surface area contributed by atoms with Gasteiger partial charge in [-0.05, 0) is 74.4 Å². The fourth-order valence-electron chi connectivity index (χ4n) is 4.42. The number of benzene rings is 2. The van der Waals surface area contributed by atoms with Gasteiger partial charge in [-0.3, -0.25) is 14.9 Å². The van der Waals surface area contributed by atoms with Crippen molar-refractivity contribution in [2.24, 2.45) is 0 Å². The first-order valence-corrected chi connectivity index (χ1v) is 11.0. The Hall–Kier alpha value is -4.86. The molecule has 0 spiro atoms. The van der Waals surface area contributed by atoms with E-state index in [9.17, 15) is 24.3 Å². The fourth-order valence-corrected chi connectivity index (χ4v) is 4.42. The first kappa shape index (κ1) is 22.9. The van der Waals surface area contributed by atoms with Crippen LogP contribution in [0.2, 0.25) is 0 Å². The largest absolute Gasteiger partial charge is 0.478 e. The van der Waals surface area contributed by atoms with E-state index in [0.29, 0.717) is 17.1 Å². The zero-order valence-electron chi connectivity index (χ0n) is 19.6. The lowest BCUT2D eigenvalue weighted by Crippen LogP contribution is -2.54. The van der Waals surface area contributed by atoms with Gasteiger partial charge in [-0.1, -0.05) is 0 Å². The molecule has 10 heteroatoms. The molecular weight excluding hydrogens is 466 g/mol. The first-order valence-electron chi connectivity index (χ1n) is 11.0. The Morgan fingerprint density at radius 3 is 2.47 bits per heavy atom. The van der Waals surface area contributed by atoms with E-state index in [1.165, 1.54) is 24.3 Å². The summed E-state index contributed by atoms with van der Waals surface area (Å²) < 4.78 is 12.5. The molecule has 0 saturated carbocycles. The maximum absolute atomic E-state index is 13.3. The number of nitrogens with one attached hydrogen (secondary N) is 1. The Bertz CT molecular complexity index is 1520. The minimum atomic E-state index is -1.01. The maximum atomic E-state index is 13.3. The van der Waals surface area contributed by atoms with Crippen LogP contribution in [0, 0.1) is 20.8 Å². The van der Waals surface area contributed by atoms with Crippen molar-refractivity contribution in [2.75, 3.05) is 11.7 Å².